The van der Waals surface area contributed by atoms with E-state index < -0.39 is 0 Å². The molecule has 0 radical (unpaired) electrons. The van der Waals surface area contributed by atoms with Crippen molar-refractivity contribution in [2.45, 2.75) is 20.8 Å². The van der Waals surface area contributed by atoms with Gasteiger partial charge in [0.05, 0.1) is 0 Å². The van der Waals surface area contributed by atoms with Crippen LogP contribution in [0, 0.1) is 6.92 Å². The van der Waals surface area contributed by atoms with Gasteiger partial charge in [0, 0.05) is 18.7 Å². The second kappa shape index (κ2) is 6.88. The van der Waals surface area contributed by atoms with Gasteiger partial charge in [-0.25, -0.2) is 0 Å². The summed E-state index contributed by atoms with van der Waals surface area (Å²) in [7, 11) is 0. The Morgan fingerprint density at radius 3 is 2.08 bits per heavy atom. The van der Waals surface area contributed by atoms with Crippen LogP contribution in [0.3, 0.4) is 0 Å². The molecule has 0 fully saturated rings. The molecule has 0 aliphatic rings. The van der Waals surface area contributed by atoms with Gasteiger partial charge in [0.1, 0.15) is 0 Å². The molecule has 3 aromatic rings. The van der Waals surface area contributed by atoms with Gasteiger partial charge < -0.3 is 4.90 Å². The minimum Gasteiger partial charge on any atom is -0.339 e. The number of carbonyl (C=O) groups excluding carboxylic acids is 1. The molecular formula is C22H23NO. The van der Waals surface area contributed by atoms with Gasteiger partial charge in [0.15, 0.2) is 0 Å². The first-order valence-electron chi connectivity index (χ1n) is 8.53. The van der Waals surface area contributed by atoms with Gasteiger partial charge in [-0.2, -0.15) is 0 Å². The summed E-state index contributed by atoms with van der Waals surface area (Å²) in [5.74, 6) is 0.100. The van der Waals surface area contributed by atoms with E-state index in [1.54, 1.807) is 0 Å². The van der Waals surface area contributed by atoms with Crippen LogP contribution >= 0.6 is 0 Å². The molecule has 0 aliphatic heterocycles. The number of aryl methyl sites for hydroxylation is 1. The number of amides is 1. The highest BCUT2D eigenvalue weighted by molar-refractivity contribution is 6.02. The average Bonchev–Trinajstić information content (AvgIpc) is 2.62. The van der Waals surface area contributed by atoms with Crippen LogP contribution in [0.5, 0.6) is 0 Å². The van der Waals surface area contributed by atoms with Crippen molar-refractivity contribution in [2.24, 2.45) is 0 Å². The molecule has 0 bridgehead atoms. The number of hydrogen-bond acceptors (Lipinski definition) is 1. The van der Waals surface area contributed by atoms with E-state index in [0.717, 1.165) is 29.8 Å². The molecule has 0 unspecified atom stereocenters. The van der Waals surface area contributed by atoms with E-state index in [1.165, 1.54) is 16.3 Å². The lowest BCUT2D eigenvalue weighted by molar-refractivity contribution is 0.0774. The Morgan fingerprint density at radius 2 is 1.42 bits per heavy atom. The van der Waals surface area contributed by atoms with Crippen molar-refractivity contribution in [3.63, 3.8) is 0 Å². The summed E-state index contributed by atoms with van der Waals surface area (Å²) in [5, 5.41) is 2.43. The third kappa shape index (κ3) is 2.92. The quantitative estimate of drug-likeness (QED) is 0.639. The van der Waals surface area contributed by atoms with Crippen molar-refractivity contribution in [1.82, 2.24) is 4.90 Å². The first-order chi connectivity index (χ1) is 11.7. The van der Waals surface area contributed by atoms with Crippen LogP contribution in [0.2, 0.25) is 0 Å². The second-order valence-corrected chi connectivity index (χ2v) is 6.04. The lowest BCUT2D eigenvalue weighted by atomic mass is 9.92. The molecule has 0 N–H and O–H groups in total. The van der Waals surface area contributed by atoms with Crippen molar-refractivity contribution >= 4 is 16.7 Å². The molecule has 0 saturated carbocycles. The standard InChI is InChI=1S/C22H23NO/c1-4-23(5-2)22(24)20-13-9-8-12-19(20)21-15-18-11-7-6-10-17(18)14-16(21)3/h6-15H,4-5H2,1-3H3. The second-order valence-electron chi connectivity index (χ2n) is 6.04. The fourth-order valence-electron chi connectivity index (χ4n) is 3.23. The van der Waals surface area contributed by atoms with Crippen LogP contribution in [0.4, 0.5) is 0 Å². The monoisotopic (exact) mass is 317 g/mol. The Morgan fingerprint density at radius 1 is 0.833 bits per heavy atom. The predicted octanol–water partition coefficient (Wildman–Crippen LogP) is 5.30. The van der Waals surface area contributed by atoms with Gasteiger partial charge >= 0.3 is 0 Å². The van der Waals surface area contributed by atoms with E-state index >= 15 is 0 Å². The largest absolute Gasteiger partial charge is 0.339 e. The highest BCUT2D eigenvalue weighted by atomic mass is 16.2. The van der Waals surface area contributed by atoms with Gasteiger partial charge in [-0.3, -0.25) is 4.79 Å². The fraction of sp³-hybridized carbons (Fsp3) is 0.227. The molecule has 122 valence electrons. The maximum absolute atomic E-state index is 12.9. The van der Waals surface area contributed by atoms with Crippen LogP contribution in [-0.2, 0) is 0 Å². The van der Waals surface area contributed by atoms with Crippen molar-refractivity contribution in [3.8, 4) is 11.1 Å². The number of nitrogens with zero attached hydrogens (tertiary/aromatic N) is 1. The van der Waals surface area contributed by atoms with Crippen LogP contribution in [0.15, 0.2) is 60.7 Å². The van der Waals surface area contributed by atoms with E-state index in [2.05, 4.69) is 43.3 Å². The molecule has 2 heteroatoms. The lowest BCUT2D eigenvalue weighted by Crippen LogP contribution is -2.30. The summed E-state index contributed by atoms with van der Waals surface area (Å²) in [6.45, 7) is 7.59. The number of benzene rings is 3. The van der Waals surface area contributed by atoms with E-state index in [9.17, 15) is 4.79 Å². The van der Waals surface area contributed by atoms with Gasteiger partial charge in [0.25, 0.3) is 5.91 Å². The van der Waals surface area contributed by atoms with Gasteiger partial charge in [0.2, 0.25) is 0 Å². The minimum atomic E-state index is 0.100. The maximum Gasteiger partial charge on any atom is 0.254 e. The third-order valence-corrected chi connectivity index (χ3v) is 4.59. The normalized spacial score (nSPS) is 10.8. The number of carbonyl (C=O) groups is 1. The molecule has 24 heavy (non-hydrogen) atoms. The molecule has 0 aromatic heterocycles. The van der Waals surface area contributed by atoms with Gasteiger partial charge in [-0.15, -0.1) is 0 Å². The average molecular weight is 317 g/mol. The number of fused-ring (bicyclic) bond motifs is 1. The van der Waals surface area contributed by atoms with Crippen LogP contribution in [0.1, 0.15) is 29.8 Å². The first-order valence-corrected chi connectivity index (χ1v) is 8.53. The summed E-state index contributed by atoms with van der Waals surface area (Å²) < 4.78 is 0. The zero-order valence-corrected chi connectivity index (χ0v) is 14.5. The molecule has 0 atom stereocenters. The molecule has 0 heterocycles. The fourth-order valence-corrected chi connectivity index (χ4v) is 3.23. The lowest BCUT2D eigenvalue weighted by Gasteiger charge is -2.21. The molecular weight excluding hydrogens is 294 g/mol. The molecule has 0 saturated heterocycles. The molecule has 0 aliphatic carbocycles. The summed E-state index contributed by atoms with van der Waals surface area (Å²) in [4.78, 5) is 14.8. The Labute approximate surface area is 143 Å². The SMILES string of the molecule is CCN(CC)C(=O)c1ccccc1-c1cc2ccccc2cc1C. The summed E-state index contributed by atoms with van der Waals surface area (Å²) in [5.41, 5.74) is 4.11. The highest BCUT2D eigenvalue weighted by Crippen LogP contribution is 2.31. The Bertz CT molecular complexity index is 878. The van der Waals surface area contributed by atoms with Gasteiger partial charge in [-0.05, 0) is 60.4 Å². The Kier molecular flexibility index (Phi) is 4.66. The van der Waals surface area contributed by atoms with E-state index in [-0.39, 0.29) is 5.91 Å². The first kappa shape index (κ1) is 16.3. The Hall–Kier alpha value is -2.61. The maximum atomic E-state index is 12.9. The number of rotatable bonds is 4. The minimum absolute atomic E-state index is 0.100. The molecule has 3 rings (SSSR count). The Balaban J connectivity index is 2.17. The molecule has 3 aromatic carbocycles. The van der Waals surface area contributed by atoms with Crippen LogP contribution < -0.4 is 0 Å². The third-order valence-electron chi connectivity index (χ3n) is 4.59. The molecule has 1 amide bonds. The summed E-state index contributed by atoms with van der Waals surface area (Å²) in [6, 6.07) is 20.7. The zero-order valence-electron chi connectivity index (χ0n) is 14.5. The van der Waals surface area contributed by atoms with Crippen LogP contribution in [0.25, 0.3) is 21.9 Å². The smallest absolute Gasteiger partial charge is 0.254 e. The highest BCUT2D eigenvalue weighted by Gasteiger charge is 2.18. The van der Waals surface area contributed by atoms with Crippen molar-refractivity contribution < 1.29 is 4.79 Å². The predicted molar refractivity (Wildman–Crippen MR) is 101 cm³/mol. The summed E-state index contributed by atoms with van der Waals surface area (Å²) in [6.07, 6.45) is 0. The van der Waals surface area contributed by atoms with Crippen LogP contribution in [-0.4, -0.2) is 23.9 Å². The van der Waals surface area contributed by atoms with Crippen molar-refractivity contribution in [3.05, 3.63) is 71.8 Å². The molecule has 0 spiro atoms. The number of hydrogen-bond donors (Lipinski definition) is 0. The van der Waals surface area contributed by atoms with E-state index in [0.29, 0.717) is 0 Å². The summed E-state index contributed by atoms with van der Waals surface area (Å²) >= 11 is 0. The van der Waals surface area contributed by atoms with Crippen molar-refractivity contribution in [1.29, 1.82) is 0 Å². The van der Waals surface area contributed by atoms with Crippen molar-refractivity contribution in [2.75, 3.05) is 13.1 Å². The van der Waals surface area contributed by atoms with E-state index in [4.69, 9.17) is 0 Å². The molecule has 2 nitrogen and oxygen atoms in total. The topological polar surface area (TPSA) is 20.3 Å². The van der Waals surface area contributed by atoms with E-state index in [1.807, 2.05) is 43.0 Å². The zero-order chi connectivity index (χ0) is 17.1. The van der Waals surface area contributed by atoms with Gasteiger partial charge in [-0.1, -0.05) is 48.5 Å².